The molecule has 84 valence electrons. The van der Waals surface area contributed by atoms with Crippen molar-refractivity contribution in [3.05, 3.63) is 21.3 Å². The number of rotatable bonds is 2. The van der Waals surface area contributed by atoms with Gasteiger partial charge in [0.1, 0.15) is 0 Å². The van der Waals surface area contributed by atoms with Gasteiger partial charge in [0.15, 0.2) is 0 Å². The Morgan fingerprint density at radius 2 is 2.27 bits per heavy atom. The van der Waals surface area contributed by atoms with E-state index in [9.17, 15) is 5.11 Å². The first-order valence-corrected chi connectivity index (χ1v) is 6.55. The molecule has 0 radical (unpaired) electrons. The van der Waals surface area contributed by atoms with Crippen LogP contribution >= 0.6 is 22.9 Å². The molecule has 0 spiro atoms. The zero-order valence-electron chi connectivity index (χ0n) is 8.63. The molecule has 2 heterocycles. The number of aliphatic hydroxyl groups is 1. The molecule has 0 aromatic carbocycles. The van der Waals surface area contributed by atoms with Crippen LogP contribution in [-0.2, 0) is 6.42 Å². The van der Waals surface area contributed by atoms with Crippen molar-refractivity contribution in [1.29, 1.82) is 0 Å². The van der Waals surface area contributed by atoms with Gasteiger partial charge in [-0.05, 0) is 44.5 Å². The van der Waals surface area contributed by atoms with Crippen molar-refractivity contribution in [3.8, 4) is 0 Å². The highest BCUT2D eigenvalue weighted by Gasteiger charge is 2.28. The maximum atomic E-state index is 10.4. The van der Waals surface area contributed by atoms with Crippen molar-refractivity contribution in [2.24, 2.45) is 0 Å². The molecule has 1 saturated heterocycles. The Kier molecular flexibility index (Phi) is 3.67. The average molecular weight is 246 g/mol. The minimum Gasteiger partial charge on any atom is -0.389 e. The predicted octanol–water partition coefficient (Wildman–Crippen LogP) is 2.45. The number of halogens is 1. The van der Waals surface area contributed by atoms with E-state index in [2.05, 4.69) is 5.32 Å². The lowest BCUT2D eigenvalue weighted by Crippen LogP contribution is -2.32. The van der Waals surface area contributed by atoms with Gasteiger partial charge < -0.3 is 10.4 Å². The number of hydrogen-bond donors (Lipinski definition) is 2. The van der Waals surface area contributed by atoms with Gasteiger partial charge in [-0.2, -0.15) is 0 Å². The van der Waals surface area contributed by atoms with Gasteiger partial charge in [0.25, 0.3) is 0 Å². The monoisotopic (exact) mass is 245 g/mol. The Morgan fingerprint density at radius 3 is 3.00 bits per heavy atom. The summed E-state index contributed by atoms with van der Waals surface area (Å²) in [6, 6.07) is 3.92. The minimum atomic E-state index is -0.530. The number of nitrogens with one attached hydrogen (secondary N) is 1. The first-order chi connectivity index (χ1) is 7.18. The molecule has 0 aliphatic carbocycles. The molecule has 1 fully saturated rings. The normalized spacial score (nSPS) is 27.6. The first-order valence-electron chi connectivity index (χ1n) is 5.35. The predicted molar refractivity (Wildman–Crippen MR) is 64.7 cm³/mol. The molecule has 0 saturated carbocycles. The first kappa shape index (κ1) is 11.4. The van der Waals surface area contributed by atoms with Gasteiger partial charge in [0, 0.05) is 11.3 Å². The fourth-order valence-electron chi connectivity index (χ4n) is 2.06. The van der Waals surface area contributed by atoms with Crippen LogP contribution in [0.5, 0.6) is 0 Å². The van der Waals surface area contributed by atoms with Crippen molar-refractivity contribution in [2.45, 2.75) is 31.3 Å². The Bertz CT molecular complexity index is 318. The summed E-state index contributed by atoms with van der Waals surface area (Å²) in [6.45, 7) is 1.93. The summed E-state index contributed by atoms with van der Waals surface area (Å²) in [7, 11) is 0. The summed E-state index contributed by atoms with van der Waals surface area (Å²) >= 11 is 7.45. The van der Waals surface area contributed by atoms with Crippen LogP contribution in [0.3, 0.4) is 0 Å². The van der Waals surface area contributed by atoms with Crippen molar-refractivity contribution >= 4 is 22.9 Å². The van der Waals surface area contributed by atoms with Crippen LogP contribution in [0.4, 0.5) is 0 Å². The zero-order valence-corrected chi connectivity index (χ0v) is 10.2. The summed E-state index contributed by atoms with van der Waals surface area (Å²) in [6.07, 6.45) is 3.51. The average Bonchev–Trinajstić information content (AvgIpc) is 2.46. The molecule has 1 atom stereocenters. The third-order valence-electron chi connectivity index (χ3n) is 2.89. The van der Waals surface area contributed by atoms with Crippen molar-refractivity contribution < 1.29 is 5.11 Å². The van der Waals surface area contributed by atoms with Crippen LogP contribution < -0.4 is 5.32 Å². The van der Waals surface area contributed by atoms with E-state index in [4.69, 9.17) is 11.6 Å². The van der Waals surface area contributed by atoms with Crippen LogP contribution in [-0.4, -0.2) is 23.8 Å². The second-order valence-corrected chi connectivity index (χ2v) is 6.01. The molecule has 1 unspecified atom stereocenters. The van der Waals surface area contributed by atoms with E-state index in [1.165, 1.54) is 4.88 Å². The molecule has 15 heavy (non-hydrogen) atoms. The molecular formula is C11H16ClNOS. The Balaban J connectivity index is 2.02. The van der Waals surface area contributed by atoms with Crippen LogP contribution in [0.1, 0.15) is 24.1 Å². The maximum absolute atomic E-state index is 10.4. The fraction of sp³-hybridized carbons (Fsp3) is 0.636. The number of hydrogen-bond acceptors (Lipinski definition) is 3. The quantitative estimate of drug-likeness (QED) is 0.839. The molecule has 1 aromatic heterocycles. The highest BCUT2D eigenvalue weighted by molar-refractivity contribution is 7.16. The zero-order chi connectivity index (χ0) is 10.7. The van der Waals surface area contributed by atoms with Gasteiger partial charge in [-0.1, -0.05) is 11.6 Å². The molecule has 1 aliphatic rings. The van der Waals surface area contributed by atoms with E-state index in [0.29, 0.717) is 0 Å². The third-order valence-corrected chi connectivity index (χ3v) is 4.13. The summed E-state index contributed by atoms with van der Waals surface area (Å²) in [5, 5.41) is 13.7. The Morgan fingerprint density at radius 1 is 1.40 bits per heavy atom. The lowest BCUT2D eigenvalue weighted by Gasteiger charge is -2.25. The summed E-state index contributed by atoms with van der Waals surface area (Å²) in [4.78, 5) is 1.18. The topological polar surface area (TPSA) is 32.3 Å². The van der Waals surface area contributed by atoms with E-state index in [1.54, 1.807) is 11.3 Å². The summed E-state index contributed by atoms with van der Waals surface area (Å²) in [5.41, 5.74) is -0.530. The molecule has 4 heteroatoms. The van der Waals surface area contributed by atoms with Gasteiger partial charge in [-0.3, -0.25) is 0 Å². The van der Waals surface area contributed by atoms with Crippen molar-refractivity contribution in [2.75, 3.05) is 13.1 Å². The highest BCUT2D eigenvalue weighted by Crippen LogP contribution is 2.29. The largest absolute Gasteiger partial charge is 0.389 e. The van der Waals surface area contributed by atoms with Crippen molar-refractivity contribution in [3.63, 3.8) is 0 Å². The molecule has 0 bridgehead atoms. The van der Waals surface area contributed by atoms with E-state index >= 15 is 0 Å². The second-order valence-electron chi connectivity index (χ2n) is 4.21. The van der Waals surface area contributed by atoms with E-state index in [-0.39, 0.29) is 0 Å². The van der Waals surface area contributed by atoms with Gasteiger partial charge in [-0.15, -0.1) is 11.3 Å². The molecule has 2 rings (SSSR count). The fourth-order valence-corrected chi connectivity index (χ4v) is 3.29. The van der Waals surface area contributed by atoms with Gasteiger partial charge in [0.05, 0.1) is 9.94 Å². The van der Waals surface area contributed by atoms with Crippen LogP contribution in [0.2, 0.25) is 4.34 Å². The Hall–Kier alpha value is -0.0900. The highest BCUT2D eigenvalue weighted by atomic mass is 35.5. The lowest BCUT2D eigenvalue weighted by atomic mass is 9.90. The van der Waals surface area contributed by atoms with Crippen LogP contribution in [0.25, 0.3) is 0 Å². The van der Waals surface area contributed by atoms with E-state index < -0.39 is 5.60 Å². The van der Waals surface area contributed by atoms with E-state index in [0.717, 1.165) is 43.1 Å². The summed E-state index contributed by atoms with van der Waals surface area (Å²) in [5.74, 6) is 0. The van der Waals surface area contributed by atoms with Gasteiger partial charge in [0.2, 0.25) is 0 Å². The molecule has 2 nitrogen and oxygen atoms in total. The van der Waals surface area contributed by atoms with Crippen molar-refractivity contribution in [1.82, 2.24) is 5.32 Å². The smallest absolute Gasteiger partial charge is 0.0931 e. The lowest BCUT2D eigenvalue weighted by molar-refractivity contribution is 0.0292. The molecular weight excluding hydrogens is 230 g/mol. The van der Waals surface area contributed by atoms with Gasteiger partial charge >= 0.3 is 0 Å². The van der Waals surface area contributed by atoms with Crippen LogP contribution in [0, 0.1) is 0 Å². The minimum absolute atomic E-state index is 0.530. The third kappa shape index (κ3) is 3.18. The summed E-state index contributed by atoms with van der Waals surface area (Å²) < 4.78 is 0.806. The van der Waals surface area contributed by atoms with E-state index in [1.807, 2.05) is 12.1 Å². The molecule has 1 aliphatic heterocycles. The SMILES string of the molecule is OC1(Cc2ccc(Cl)s2)CCCNCC1. The number of thiophene rings is 1. The van der Waals surface area contributed by atoms with Gasteiger partial charge in [-0.25, -0.2) is 0 Å². The molecule has 0 amide bonds. The molecule has 2 N–H and O–H groups in total. The second kappa shape index (κ2) is 4.83. The maximum Gasteiger partial charge on any atom is 0.0931 e. The standard InChI is InChI=1S/C11H16ClNOS/c12-10-3-2-9(15-10)8-11(14)4-1-6-13-7-5-11/h2-3,13-14H,1,4-8H2. The molecule has 1 aromatic rings. The van der Waals surface area contributed by atoms with Crippen LogP contribution in [0.15, 0.2) is 12.1 Å². The Labute approximate surface area is 99.3 Å².